The van der Waals surface area contributed by atoms with E-state index < -0.39 is 17.7 Å². The molecule has 0 aliphatic heterocycles. The zero-order valence-electron chi connectivity index (χ0n) is 28.4. The average Bonchev–Trinajstić information content (AvgIpc) is 3.08. The second kappa shape index (κ2) is 17.7. The molecule has 5 rings (SSSR count). The Kier molecular flexibility index (Phi) is 13.2. The first kappa shape index (κ1) is 36.5. The topological polar surface area (TPSA) is 114 Å². The summed E-state index contributed by atoms with van der Waals surface area (Å²) in [5.41, 5.74) is 4.27. The number of ether oxygens (including phenoxy) is 2. The molecule has 49 heavy (non-hydrogen) atoms. The minimum absolute atomic E-state index is 0.169. The van der Waals surface area contributed by atoms with Crippen LogP contribution in [-0.4, -0.2) is 50.8 Å². The van der Waals surface area contributed by atoms with Gasteiger partial charge in [0.25, 0.3) is 0 Å². The van der Waals surface area contributed by atoms with E-state index in [0.717, 1.165) is 22.3 Å². The van der Waals surface area contributed by atoms with Crippen LogP contribution in [0.2, 0.25) is 0 Å². The molecule has 1 amide bonds. The van der Waals surface area contributed by atoms with Crippen LogP contribution in [0.1, 0.15) is 47.8 Å². The van der Waals surface area contributed by atoms with Gasteiger partial charge in [-0.05, 0) is 81.5 Å². The van der Waals surface area contributed by atoms with Crippen LogP contribution in [0.5, 0.6) is 5.88 Å². The Bertz CT molecular complexity index is 1770. The highest BCUT2D eigenvalue weighted by atomic mass is 32.2. The molecule has 0 saturated carbocycles. The minimum Gasteiger partial charge on any atom is -0.478 e. The predicted octanol–water partition coefficient (Wildman–Crippen LogP) is 9.08. The molecule has 0 unspecified atom stereocenters. The van der Waals surface area contributed by atoms with Crippen LogP contribution in [0.3, 0.4) is 0 Å². The molecule has 0 aliphatic carbocycles. The predicted molar refractivity (Wildman–Crippen MR) is 195 cm³/mol. The van der Waals surface area contributed by atoms with Crippen molar-refractivity contribution < 1.29 is 24.2 Å². The van der Waals surface area contributed by atoms with Crippen molar-refractivity contribution in [2.45, 2.75) is 51.7 Å². The van der Waals surface area contributed by atoms with Gasteiger partial charge in [0.15, 0.2) is 0 Å². The summed E-state index contributed by atoms with van der Waals surface area (Å²) < 4.78 is 14.9. The van der Waals surface area contributed by atoms with Gasteiger partial charge in [0.05, 0.1) is 17.8 Å². The fourth-order valence-electron chi connectivity index (χ4n) is 4.70. The third-order valence-electron chi connectivity index (χ3n) is 6.93. The van der Waals surface area contributed by atoms with E-state index in [-0.39, 0.29) is 18.7 Å². The first-order chi connectivity index (χ1) is 23.5. The number of anilines is 1. The van der Waals surface area contributed by atoms with Crippen molar-refractivity contribution in [1.29, 1.82) is 0 Å². The molecule has 5 aromatic rings. The largest absolute Gasteiger partial charge is 0.478 e. The van der Waals surface area contributed by atoms with Gasteiger partial charge in [0, 0.05) is 23.1 Å². The molecule has 254 valence electrons. The zero-order valence-corrected chi connectivity index (χ0v) is 29.2. The minimum atomic E-state index is -1.00. The smallest absolute Gasteiger partial charge is 0.410 e. The number of carboxylic acids is 1. The van der Waals surface area contributed by atoms with Crippen molar-refractivity contribution in [2.75, 3.05) is 17.9 Å². The van der Waals surface area contributed by atoms with E-state index in [1.807, 2.05) is 120 Å². The van der Waals surface area contributed by atoms with Crippen LogP contribution in [0.4, 0.5) is 10.7 Å². The maximum absolute atomic E-state index is 13.0. The van der Waals surface area contributed by atoms with Crippen molar-refractivity contribution in [1.82, 2.24) is 14.9 Å². The lowest BCUT2D eigenvalue weighted by molar-refractivity contribution is 0.0208. The van der Waals surface area contributed by atoms with E-state index in [2.05, 4.69) is 9.71 Å². The molecular weight excluding hydrogens is 637 g/mol. The lowest BCUT2D eigenvalue weighted by atomic mass is 10.00. The first-order valence-corrected chi connectivity index (χ1v) is 16.7. The molecule has 0 saturated heterocycles. The normalized spacial score (nSPS) is 10.7. The van der Waals surface area contributed by atoms with E-state index in [4.69, 9.17) is 14.5 Å². The molecule has 10 heteroatoms. The second-order valence-electron chi connectivity index (χ2n) is 12.1. The molecule has 9 nitrogen and oxygen atoms in total. The first-order valence-electron chi connectivity index (χ1n) is 15.8. The maximum atomic E-state index is 13.0. The van der Waals surface area contributed by atoms with Crippen LogP contribution in [0, 0.1) is 13.8 Å². The summed E-state index contributed by atoms with van der Waals surface area (Å²) in [4.78, 5) is 36.0. The van der Waals surface area contributed by atoms with E-state index in [1.165, 1.54) is 18.0 Å². The lowest BCUT2D eigenvalue weighted by Gasteiger charge is -2.27. The highest BCUT2D eigenvalue weighted by Crippen LogP contribution is 2.30. The third-order valence-corrected chi connectivity index (χ3v) is 7.70. The Morgan fingerprint density at radius 1 is 0.816 bits per heavy atom. The second-order valence-corrected chi connectivity index (χ2v) is 13.0. The Morgan fingerprint density at radius 3 is 2.04 bits per heavy atom. The molecule has 1 aromatic heterocycles. The van der Waals surface area contributed by atoms with Gasteiger partial charge in [0.2, 0.25) is 11.8 Å². The number of carboxylic acid groups (broad SMARTS) is 1. The maximum Gasteiger partial charge on any atom is 0.410 e. The van der Waals surface area contributed by atoms with Gasteiger partial charge in [-0.1, -0.05) is 91.0 Å². The lowest BCUT2D eigenvalue weighted by Crippen LogP contribution is -2.38. The van der Waals surface area contributed by atoms with Gasteiger partial charge in [-0.3, -0.25) is 4.72 Å². The summed E-state index contributed by atoms with van der Waals surface area (Å²) in [5.74, 6) is -0.368. The number of aryl methyl sites for hydroxylation is 2. The molecule has 0 bridgehead atoms. The van der Waals surface area contributed by atoms with Gasteiger partial charge in [-0.15, -0.1) is 0 Å². The quantitative estimate of drug-likeness (QED) is 0.132. The molecule has 0 spiro atoms. The average molecular weight is 679 g/mol. The highest BCUT2D eigenvalue weighted by Gasteiger charge is 2.23. The van der Waals surface area contributed by atoms with Crippen LogP contribution in [0.25, 0.3) is 11.3 Å². The van der Waals surface area contributed by atoms with E-state index in [9.17, 15) is 14.7 Å². The number of carbonyl (C=O) groups excluding carboxylic acids is 1. The molecule has 0 fully saturated rings. The zero-order chi connectivity index (χ0) is 35.2. The summed E-state index contributed by atoms with van der Waals surface area (Å²) in [5, 5.41) is 9.34. The number of carbonyl (C=O) groups is 2. The number of rotatable bonds is 11. The molecule has 0 radical (unpaired) electrons. The molecular formula is C39H42N4O5S. The number of aromatic nitrogens is 2. The third kappa shape index (κ3) is 12.0. The Hall–Kier alpha value is -5.35. The summed E-state index contributed by atoms with van der Waals surface area (Å²) in [6.45, 7) is 10.4. The van der Waals surface area contributed by atoms with E-state index >= 15 is 0 Å². The summed E-state index contributed by atoms with van der Waals surface area (Å²) in [7, 11) is 0. The number of aromatic carboxylic acids is 1. The Labute approximate surface area is 292 Å². The summed E-state index contributed by atoms with van der Waals surface area (Å²) >= 11 is 1.20. The highest BCUT2D eigenvalue weighted by molar-refractivity contribution is 8.00. The number of hydrogen-bond acceptors (Lipinski definition) is 8. The van der Waals surface area contributed by atoms with E-state index in [1.54, 1.807) is 29.2 Å². The van der Waals surface area contributed by atoms with Crippen molar-refractivity contribution in [3.8, 4) is 17.1 Å². The molecule has 2 N–H and O–H groups in total. The number of hydrogen-bond donors (Lipinski definition) is 2. The van der Waals surface area contributed by atoms with Gasteiger partial charge in [-0.25, -0.2) is 14.6 Å². The number of benzene rings is 4. The fraction of sp³-hybridized carbons (Fsp3) is 0.231. The van der Waals surface area contributed by atoms with Crippen LogP contribution < -0.4 is 9.46 Å². The van der Waals surface area contributed by atoms with Gasteiger partial charge < -0.3 is 19.5 Å². The molecule has 0 atom stereocenters. The number of nitrogens with zero attached hydrogens (tertiary/aromatic N) is 3. The van der Waals surface area contributed by atoms with E-state index in [0.29, 0.717) is 29.0 Å². The van der Waals surface area contributed by atoms with Gasteiger partial charge >= 0.3 is 12.1 Å². The Balaban J connectivity index is 0.000000812. The summed E-state index contributed by atoms with van der Waals surface area (Å²) in [6.07, 6.45) is -0.429. The number of amides is 1. The summed E-state index contributed by atoms with van der Waals surface area (Å²) in [6, 6.07) is 36.1. The fourth-order valence-corrected chi connectivity index (χ4v) is 5.33. The van der Waals surface area contributed by atoms with Crippen molar-refractivity contribution >= 4 is 30.0 Å². The van der Waals surface area contributed by atoms with Crippen LogP contribution >= 0.6 is 11.9 Å². The molecule has 1 heterocycles. The van der Waals surface area contributed by atoms with Crippen molar-refractivity contribution in [3.05, 3.63) is 138 Å². The van der Waals surface area contributed by atoms with Crippen molar-refractivity contribution in [2.24, 2.45) is 0 Å². The van der Waals surface area contributed by atoms with Gasteiger partial charge in [0.1, 0.15) is 12.2 Å². The van der Waals surface area contributed by atoms with Crippen LogP contribution in [-0.2, 0) is 11.3 Å². The number of nitrogens with one attached hydrogen (secondary N) is 1. The monoisotopic (exact) mass is 678 g/mol. The standard InChI is InChI=1S/C33H36N4O5S.C6H6/c1-22-11-9-12-23(2)29(22)27-20-28(35-31(34-27)36-43-26-16-10-15-25(19-26)30(38)39)41-18-17-37(32(40)42-33(3,4)5)21-24-13-7-6-8-14-24;1-2-4-6-5-3-1/h6-16,19-20H,17-18,21H2,1-5H3,(H,38,39)(H,34,35,36);1-6H. The molecule has 4 aromatic carbocycles. The van der Waals surface area contributed by atoms with Crippen LogP contribution in [0.15, 0.2) is 120 Å². The SMILES string of the molecule is Cc1cccc(C)c1-c1cc(OCCN(Cc2ccccc2)C(=O)OC(C)(C)C)nc(NSc2cccc(C(=O)O)c2)n1.c1ccccc1. The molecule has 0 aliphatic rings. The van der Waals surface area contributed by atoms with Gasteiger partial charge in [-0.2, -0.15) is 4.98 Å². The Morgan fingerprint density at radius 2 is 1.43 bits per heavy atom. The van der Waals surface area contributed by atoms with Crippen molar-refractivity contribution in [3.63, 3.8) is 0 Å².